The monoisotopic (exact) mass is 396 g/mol. The standard InChI is InChI=1S/C21H17FN2O3S/c1-2-27-20(26)17-18(13-6-4-3-5-7-13)23-21-24(16(25)12-28-21)19(17)14-8-10-15(22)11-9-14/h3-11,19H,2,12H2,1H3. The van der Waals surface area contributed by atoms with Crippen LogP contribution >= 0.6 is 11.8 Å². The van der Waals surface area contributed by atoms with Crippen molar-refractivity contribution in [2.75, 3.05) is 12.4 Å². The predicted octanol–water partition coefficient (Wildman–Crippen LogP) is 3.79. The molecule has 1 fully saturated rings. The molecule has 7 heteroatoms. The number of aliphatic imine (C=N–C) groups is 1. The van der Waals surface area contributed by atoms with Crippen LogP contribution < -0.4 is 0 Å². The summed E-state index contributed by atoms with van der Waals surface area (Å²) in [4.78, 5) is 31.7. The van der Waals surface area contributed by atoms with E-state index in [9.17, 15) is 14.0 Å². The minimum atomic E-state index is -0.718. The first kappa shape index (κ1) is 18.4. The van der Waals surface area contributed by atoms with Gasteiger partial charge in [-0.3, -0.25) is 9.69 Å². The molecular formula is C21H17FN2O3S. The molecule has 2 aliphatic heterocycles. The van der Waals surface area contributed by atoms with Crippen LogP contribution in [0.5, 0.6) is 0 Å². The number of thioether (sulfide) groups is 1. The SMILES string of the molecule is CCOC(=O)C1=C(c2ccccc2)N=C2SCC(=O)N2C1c1ccc(F)cc1. The van der Waals surface area contributed by atoms with Gasteiger partial charge in [0.1, 0.15) is 5.82 Å². The molecule has 0 aromatic heterocycles. The highest BCUT2D eigenvalue weighted by Crippen LogP contribution is 2.43. The van der Waals surface area contributed by atoms with Gasteiger partial charge in [-0.15, -0.1) is 0 Å². The van der Waals surface area contributed by atoms with Gasteiger partial charge in [-0.2, -0.15) is 0 Å². The lowest BCUT2D eigenvalue weighted by molar-refractivity contribution is -0.139. The van der Waals surface area contributed by atoms with E-state index in [0.29, 0.717) is 16.4 Å². The molecule has 0 bridgehead atoms. The highest BCUT2D eigenvalue weighted by molar-refractivity contribution is 8.15. The molecule has 0 saturated carbocycles. The zero-order chi connectivity index (χ0) is 19.7. The lowest BCUT2D eigenvalue weighted by Gasteiger charge is -2.33. The number of nitrogens with zero attached hydrogens (tertiary/aromatic N) is 2. The molecule has 1 atom stereocenters. The zero-order valence-electron chi connectivity index (χ0n) is 15.1. The molecule has 0 spiro atoms. The van der Waals surface area contributed by atoms with E-state index in [1.165, 1.54) is 28.8 Å². The van der Waals surface area contributed by atoms with Crippen molar-refractivity contribution in [3.05, 3.63) is 77.1 Å². The van der Waals surface area contributed by atoms with Crippen molar-refractivity contribution in [2.45, 2.75) is 13.0 Å². The number of rotatable bonds is 4. The number of hydrogen-bond donors (Lipinski definition) is 0. The largest absolute Gasteiger partial charge is 0.463 e. The van der Waals surface area contributed by atoms with Crippen LogP contribution in [0, 0.1) is 5.82 Å². The molecule has 2 aromatic carbocycles. The minimum absolute atomic E-state index is 0.146. The van der Waals surface area contributed by atoms with Crippen LogP contribution in [-0.2, 0) is 14.3 Å². The van der Waals surface area contributed by atoms with Crippen LogP contribution in [0.25, 0.3) is 5.70 Å². The first-order chi connectivity index (χ1) is 13.6. The van der Waals surface area contributed by atoms with E-state index >= 15 is 0 Å². The maximum atomic E-state index is 13.5. The molecule has 1 saturated heterocycles. The number of ether oxygens (including phenoxy) is 1. The number of benzene rings is 2. The fourth-order valence-electron chi connectivity index (χ4n) is 3.32. The third-order valence-corrected chi connectivity index (χ3v) is 5.46. The molecule has 5 nitrogen and oxygen atoms in total. The van der Waals surface area contributed by atoms with Crippen molar-refractivity contribution in [1.29, 1.82) is 0 Å². The van der Waals surface area contributed by atoms with Gasteiger partial charge in [0.05, 0.1) is 29.7 Å². The highest BCUT2D eigenvalue weighted by Gasteiger charge is 2.44. The maximum Gasteiger partial charge on any atom is 0.338 e. The zero-order valence-corrected chi connectivity index (χ0v) is 15.9. The normalized spacial score (nSPS) is 18.8. The van der Waals surface area contributed by atoms with Gasteiger partial charge >= 0.3 is 5.97 Å². The molecule has 142 valence electrons. The van der Waals surface area contributed by atoms with Crippen molar-refractivity contribution >= 4 is 34.5 Å². The van der Waals surface area contributed by atoms with Crippen molar-refractivity contribution in [2.24, 2.45) is 4.99 Å². The Labute approximate surface area is 165 Å². The predicted molar refractivity (Wildman–Crippen MR) is 106 cm³/mol. The third-order valence-electron chi connectivity index (χ3n) is 4.52. The highest BCUT2D eigenvalue weighted by atomic mass is 32.2. The van der Waals surface area contributed by atoms with Gasteiger partial charge in [-0.05, 0) is 24.6 Å². The molecule has 2 aliphatic rings. The molecule has 1 amide bonds. The molecule has 0 radical (unpaired) electrons. The van der Waals surface area contributed by atoms with Crippen LogP contribution in [-0.4, -0.2) is 34.3 Å². The summed E-state index contributed by atoms with van der Waals surface area (Å²) >= 11 is 1.33. The van der Waals surface area contributed by atoms with E-state index in [0.717, 1.165) is 5.56 Å². The summed E-state index contributed by atoms with van der Waals surface area (Å²) in [7, 11) is 0. The molecule has 2 heterocycles. The minimum Gasteiger partial charge on any atom is -0.463 e. The molecule has 1 unspecified atom stereocenters. The van der Waals surface area contributed by atoms with Crippen molar-refractivity contribution in [3.63, 3.8) is 0 Å². The van der Waals surface area contributed by atoms with Gasteiger partial charge in [0.2, 0.25) is 5.91 Å². The molecule has 0 aliphatic carbocycles. The van der Waals surface area contributed by atoms with E-state index < -0.39 is 12.0 Å². The molecule has 4 rings (SSSR count). The van der Waals surface area contributed by atoms with Crippen molar-refractivity contribution in [1.82, 2.24) is 4.90 Å². The van der Waals surface area contributed by atoms with Gasteiger partial charge in [-0.25, -0.2) is 14.2 Å². The second kappa shape index (κ2) is 7.59. The van der Waals surface area contributed by atoms with E-state index in [4.69, 9.17) is 4.74 Å². The molecule has 2 aromatic rings. The second-order valence-corrected chi connectivity index (χ2v) is 7.19. The number of halogens is 1. The van der Waals surface area contributed by atoms with Crippen LogP contribution in [0.1, 0.15) is 24.1 Å². The van der Waals surface area contributed by atoms with Crippen LogP contribution in [0.2, 0.25) is 0 Å². The van der Waals surface area contributed by atoms with Crippen LogP contribution in [0.3, 0.4) is 0 Å². The Hall–Kier alpha value is -2.93. The van der Waals surface area contributed by atoms with Gasteiger partial charge in [0.15, 0.2) is 5.17 Å². The van der Waals surface area contributed by atoms with Gasteiger partial charge in [-0.1, -0.05) is 54.2 Å². The fraction of sp³-hybridized carbons (Fsp3) is 0.190. The molecular weight excluding hydrogens is 379 g/mol. The number of carbonyl (C=O) groups is 2. The summed E-state index contributed by atoms with van der Waals surface area (Å²) in [6, 6.07) is 14.4. The van der Waals surface area contributed by atoms with Gasteiger partial charge in [0, 0.05) is 5.56 Å². The Morgan fingerprint density at radius 2 is 1.93 bits per heavy atom. The number of esters is 1. The second-order valence-electron chi connectivity index (χ2n) is 6.25. The number of amidine groups is 1. The van der Waals surface area contributed by atoms with E-state index in [1.807, 2.05) is 30.3 Å². The van der Waals surface area contributed by atoms with E-state index in [-0.39, 0.29) is 29.7 Å². The Bertz CT molecular complexity index is 986. The average molecular weight is 396 g/mol. The van der Waals surface area contributed by atoms with E-state index in [1.54, 1.807) is 19.1 Å². The lowest BCUT2D eigenvalue weighted by atomic mass is 9.92. The van der Waals surface area contributed by atoms with Gasteiger partial charge in [0.25, 0.3) is 0 Å². The Morgan fingerprint density at radius 3 is 2.61 bits per heavy atom. The van der Waals surface area contributed by atoms with Crippen molar-refractivity contribution < 1.29 is 18.7 Å². The Morgan fingerprint density at radius 1 is 1.21 bits per heavy atom. The average Bonchev–Trinajstić information content (AvgIpc) is 3.09. The Balaban J connectivity index is 1.96. The van der Waals surface area contributed by atoms with Crippen molar-refractivity contribution in [3.8, 4) is 0 Å². The smallest absolute Gasteiger partial charge is 0.338 e. The summed E-state index contributed by atoms with van der Waals surface area (Å²) in [5.41, 5.74) is 2.13. The summed E-state index contributed by atoms with van der Waals surface area (Å²) < 4.78 is 18.8. The first-order valence-corrected chi connectivity index (χ1v) is 9.84. The Kier molecular flexibility index (Phi) is 5.00. The van der Waals surface area contributed by atoms with Gasteiger partial charge < -0.3 is 4.74 Å². The quantitative estimate of drug-likeness (QED) is 0.738. The van der Waals surface area contributed by atoms with Crippen LogP contribution in [0.15, 0.2) is 65.2 Å². The number of carbonyl (C=O) groups excluding carboxylic acids is 2. The third kappa shape index (κ3) is 3.22. The molecule has 0 N–H and O–H groups in total. The lowest BCUT2D eigenvalue weighted by Crippen LogP contribution is -2.39. The number of fused-ring (bicyclic) bond motifs is 1. The summed E-state index contributed by atoms with van der Waals surface area (Å²) in [6.45, 7) is 1.92. The number of hydrogen-bond acceptors (Lipinski definition) is 5. The fourth-order valence-corrected chi connectivity index (χ4v) is 4.21. The summed E-state index contributed by atoms with van der Waals surface area (Å²) in [6.07, 6.45) is 0. The topological polar surface area (TPSA) is 59.0 Å². The molecule has 28 heavy (non-hydrogen) atoms. The summed E-state index contributed by atoms with van der Waals surface area (Å²) in [5.74, 6) is -0.829. The maximum absolute atomic E-state index is 13.5. The summed E-state index contributed by atoms with van der Waals surface area (Å²) in [5, 5.41) is 0.534. The van der Waals surface area contributed by atoms with E-state index in [2.05, 4.69) is 4.99 Å². The first-order valence-electron chi connectivity index (χ1n) is 8.86. The number of amides is 1. The van der Waals surface area contributed by atoms with Crippen LogP contribution in [0.4, 0.5) is 4.39 Å².